The molecule has 3 rings (SSSR count). The fourth-order valence-electron chi connectivity index (χ4n) is 3.70. The first kappa shape index (κ1) is 22.5. The lowest BCUT2D eigenvalue weighted by atomic mass is 9.80. The summed E-state index contributed by atoms with van der Waals surface area (Å²) >= 11 is 3.48. The Morgan fingerprint density at radius 3 is 2.57 bits per heavy atom. The van der Waals surface area contributed by atoms with Crippen LogP contribution >= 0.6 is 15.9 Å². The zero-order valence-corrected chi connectivity index (χ0v) is 18.7. The summed E-state index contributed by atoms with van der Waals surface area (Å²) in [5, 5.41) is 12.3. The average molecular weight is 474 g/mol. The lowest BCUT2D eigenvalue weighted by molar-refractivity contribution is -0.166. The largest absolute Gasteiger partial charge is 0.459 e. The van der Waals surface area contributed by atoms with Gasteiger partial charge in [-0.25, -0.2) is 0 Å². The summed E-state index contributed by atoms with van der Waals surface area (Å²) in [5.41, 5.74) is 2.11. The maximum Gasteiger partial charge on any atom is 0.286 e. The van der Waals surface area contributed by atoms with E-state index in [1.165, 1.54) is 0 Å². The lowest BCUT2D eigenvalue weighted by Gasteiger charge is -2.37. The van der Waals surface area contributed by atoms with E-state index in [1.807, 2.05) is 67.6 Å². The van der Waals surface area contributed by atoms with Crippen LogP contribution in [0, 0.1) is 5.92 Å². The van der Waals surface area contributed by atoms with Gasteiger partial charge in [-0.2, -0.15) is 0 Å². The number of halogens is 1. The molecule has 3 atom stereocenters. The minimum atomic E-state index is -0.544. The summed E-state index contributed by atoms with van der Waals surface area (Å²) in [5.74, 6) is -0.0276. The highest BCUT2D eigenvalue weighted by Crippen LogP contribution is 2.39. The van der Waals surface area contributed by atoms with Crippen LogP contribution in [0.3, 0.4) is 0 Å². The molecule has 0 unspecified atom stereocenters. The normalized spacial score (nSPS) is 20.9. The predicted octanol–water partition coefficient (Wildman–Crippen LogP) is 4.51. The highest BCUT2D eigenvalue weighted by Gasteiger charge is 2.37. The van der Waals surface area contributed by atoms with Crippen LogP contribution in [0.4, 0.5) is 0 Å². The molecule has 0 bridgehead atoms. The highest BCUT2D eigenvalue weighted by atomic mass is 79.9. The van der Waals surface area contributed by atoms with Crippen molar-refractivity contribution in [2.45, 2.75) is 38.5 Å². The Balaban J connectivity index is 1.85. The number of benzene rings is 2. The van der Waals surface area contributed by atoms with Crippen molar-refractivity contribution in [2.75, 3.05) is 13.2 Å². The molecule has 0 radical (unpaired) electrons. The smallest absolute Gasteiger partial charge is 0.286 e. The second kappa shape index (κ2) is 11.3. The Kier molecular flexibility index (Phi) is 8.49. The number of hydrogen-bond donors (Lipinski definition) is 2. The Morgan fingerprint density at radius 1 is 1.17 bits per heavy atom. The minimum absolute atomic E-state index is 0.00366. The first-order chi connectivity index (χ1) is 14.6. The van der Waals surface area contributed by atoms with Gasteiger partial charge in [0.1, 0.15) is 0 Å². The van der Waals surface area contributed by atoms with Crippen LogP contribution in [0.2, 0.25) is 0 Å². The van der Waals surface area contributed by atoms with Crippen molar-refractivity contribution in [3.8, 4) is 0 Å². The topological polar surface area (TPSA) is 67.8 Å². The van der Waals surface area contributed by atoms with Crippen molar-refractivity contribution < 1.29 is 19.4 Å². The number of carbonyl (C=O) groups is 1. The number of amides is 1. The molecule has 0 spiro atoms. The molecule has 0 fully saturated rings. The van der Waals surface area contributed by atoms with E-state index in [-0.39, 0.29) is 30.1 Å². The number of carbonyl (C=O) groups excluding carboxylic acids is 1. The van der Waals surface area contributed by atoms with E-state index in [1.54, 1.807) is 0 Å². The molecule has 2 aromatic carbocycles. The first-order valence-electron chi connectivity index (χ1n) is 10.3. The summed E-state index contributed by atoms with van der Waals surface area (Å²) in [4.78, 5) is 12.9. The van der Waals surface area contributed by atoms with Gasteiger partial charge in [0.15, 0.2) is 5.76 Å². The molecule has 5 nitrogen and oxygen atoms in total. The third-order valence-corrected chi connectivity index (χ3v) is 5.71. The standard InChI is InChI=1S/C24H28BrNO4/c1-2-29-24-20(9-6-14-27)21(18-10-12-19(25)13-11-18)15-22(30-24)23(28)26-16-17-7-4-3-5-8-17/h3-5,7-8,10-13,15,20-21,24,27H,2,6,9,14,16H2,1H3,(H,26,28)/t20-,21-,24-/m0/s1. The molecule has 1 aliphatic heterocycles. The molecule has 0 saturated carbocycles. The molecule has 2 aromatic rings. The van der Waals surface area contributed by atoms with Crippen LogP contribution in [-0.4, -0.2) is 30.5 Å². The molecule has 0 aromatic heterocycles. The molecule has 160 valence electrons. The summed E-state index contributed by atoms with van der Waals surface area (Å²) in [6.45, 7) is 2.92. The summed E-state index contributed by atoms with van der Waals surface area (Å²) in [6.07, 6.45) is 2.73. The minimum Gasteiger partial charge on any atom is -0.459 e. The van der Waals surface area contributed by atoms with Gasteiger partial charge in [-0.15, -0.1) is 0 Å². The molecular weight excluding hydrogens is 446 g/mol. The van der Waals surface area contributed by atoms with Gasteiger partial charge in [-0.1, -0.05) is 58.4 Å². The Labute approximate surface area is 186 Å². The van der Waals surface area contributed by atoms with Crippen molar-refractivity contribution in [1.82, 2.24) is 5.32 Å². The second-order valence-corrected chi connectivity index (χ2v) is 8.16. The van der Waals surface area contributed by atoms with E-state index in [9.17, 15) is 9.90 Å². The van der Waals surface area contributed by atoms with E-state index in [4.69, 9.17) is 9.47 Å². The number of allylic oxidation sites excluding steroid dienone is 1. The molecule has 0 aliphatic carbocycles. The van der Waals surface area contributed by atoms with Crippen molar-refractivity contribution in [3.05, 3.63) is 82.0 Å². The number of aliphatic hydroxyl groups is 1. The van der Waals surface area contributed by atoms with E-state index in [0.717, 1.165) is 22.0 Å². The van der Waals surface area contributed by atoms with Gasteiger partial charge >= 0.3 is 0 Å². The van der Waals surface area contributed by atoms with Crippen LogP contribution in [0.1, 0.15) is 36.8 Å². The van der Waals surface area contributed by atoms with Crippen LogP contribution in [0.25, 0.3) is 0 Å². The summed E-state index contributed by atoms with van der Waals surface area (Å²) in [7, 11) is 0. The Bertz CT molecular complexity index is 838. The van der Waals surface area contributed by atoms with Crippen molar-refractivity contribution in [3.63, 3.8) is 0 Å². The van der Waals surface area contributed by atoms with Crippen molar-refractivity contribution in [1.29, 1.82) is 0 Å². The molecule has 30 heavy (non-hydrogen) atoms. The fourth-order valence-corrected chi connectivity index (χ4v) is 3.96. The van der Waals surface area contributed by atoms with Gasteiger partial charge < -0.3 is 19.9 Å². The van der Waals surface area contributed by atoms with E-state index >= 15 is 0 Å². The van der Waals surface area contributed by atoms with E-state index < -0.39 is 6.29 Å². The van der Waals surface area contributed by atoms with Gasteiger partial charge in [-0.3, -0.25) is 4.79 Å². The number of hydrogen-bond acceptors (Lipinski definition) is 4. The second-order valence-electron chi connectivity index (χ2n) is 7.25. The Morgan fingerprint density at radius 2 is 1.90 bits per heavy atom. The number of nitrogens with one attached hydrogen (secondary N) is 1. The fraction of sp³-hybridized carbons (Fsp3) is 0.375. The molecular formula is C24H28BrNO4. The first-order valence-corrected chi connectivity index (χ1v) is 11.1. The maximum atomic E-state index is 12.9. The molecule has 1 aliphatic rings. The van der Waals surface area contributed by atoms with Gasteiger partial charge in [0.05, 0.1) is 0 Å². The van der Waals surface area contributed by atoms with Crippen LogP contribution in [0.5, 0.6) is 0 Å². The lowest BCUT2D eigenvalue weighted by Crippen LogP contribution is -2.39. The summed E-state index contributed by atoms with van der Waals surface area (Å²) in [6, 6.07) is 17.8. The van der Waals surface area contributed by atoms with Crippen LogP contribution in [0.15, 0.2) is 70.9 Å². The maximum absolute atomic E-state index is 12.9. The van der Waals surface area contributed by atoms with Gasteiger partial charge in [-0.05, 0) is 49.1 Å². The number of aliphatic hydroxyl groups excluding tert-OH is 1. The number of ether oxygens (including phenoxy) is 2. The third kappa shape index (κ3) is 5.94. The third-order valence-electron chi connectivity index (χ3n) is 5.19. The quantitative estimate of drug-likeness (QED) is 0.561. The molecule has 1 heterocycles. The average Bonchev–Trinajstić information content (AvgIpc) is 2.77. The van der Waals surface area contributed by atoms with Crippen LogP contribution < -0.4 is 5.32 Å². The molecule has 6 heteroatoms. The zero-order chi connectivity index (χ0) is 21.3. The van der Waals surface area contributed by atoms with E-state index in [0.29, 0.717) is 19.6 Å². The SMILES string of the molecule is CCO[C@H]1OC(C(=O)NCc2ccccc2)=C[C@@H](c2ccc(Br)cc2)[C@@H]1CCCO. The molecule has 0 saturated heterocycles. The van der Waals surface area contributed by atoms with Gasteiger partial charge in [0.2, 0.25) is 6.29 Å². The highest BCUT2D eigenvalue weighted by molar-refractivity contribution is 9.10. The predicted molar refractivity (Wildman–Crippen MR) is 120 cm³/mol. The van der Waals surface area contributed by atoms with Gasteiger partial charge in [0, 0.05) is 36.1 Å². The van der Waals surface area contributed by atoms with E-state index in [2.05, 4.69) is 21.2 Å². The summed E-state index contributed by atoms with van der Waals surface area (Å²) < 4.78 is 12.9. The Hall–Kier alpha value is -2.15. The van der Waals surface area contributed by atoms with Gasteiger partial charge in [0.25, 0.3) is 5.91 Å². The van der Waals surface area contributed by atoms with Crippen LogP contribution in [-0.2, 0) is 20.8 Å². The van der Waals surface area contributed by atoms with Crippen molar-refractivity contribution in [2.24, 2.45) is 5.92 Å². The van der Waals surface area contributed by atoms with Crippen molar-refractivity contribution >= 4 is 21.8 Å². The molecule has 1 amide bonds. The monoisotopic (exact) mass is 473 g/mol. The molecule has 2 N–H and O–H groups in total. The number of rotatable bonds is 9. The zero-order valence-electron chi connectivity index (χ0n) is 17.1.